The number of nitrogens with one attached hydrogen (secondary N) is 1. The Balaban J connectivity index is 2.59. The van der Waals surface area contributed by atoms with Crippen LogP contribution in [0.5, 0.6) is 0 Å². The lowest BCUT2D eigenvalue weighted by molar-refractivity contribution is -0.141. The van der Waals surface area contributed by atoms with E-state index in [0.29, 0.717) is 26.1 Å². The van der Waals surface area contributed by atoms with E-state index in [1.54, 1.807) is 0 Å². The first kappa shape index (κ1) is 14.7. The van der Waals surface area contributed by atoms with Gasteiger partial charge in [-0.2, -0.15) is 0 Å². The number of amides is 2. The van der Waals surface area contributed by atoms with Crippen molar-refractivity contribution < 1.29 is 24.5 Å². The lowest BCUT2D eigenvalue weighted by atomic mass is 10.2. The third-order valence-corrected chi connectivity index (χ3v) is 2.77. The monoisotopic (exact) mass is 260 g/mol. The number of hydrogen-bond acceptors (Lipinski definition) is 4. The highest BCUT2D eigenvalue weighted by Gasteiger charge is 2.28. The molecule has 3 unspecified atom stereocenters. The first-order valence-electron chi connectivity index (χ1n) is 5.99. The molecule has 1 saturated heterocycles. The Morgan fingerprint density at radius 2 is 2.17 bits per heavy atom. The largest absolute Gasteiger partial charge is 0.480 e. The Morgan fingerprint density at radius 1 is 1.50 bits per heavy atom. The molecule has 1 rings (SSSR count). The fourth-order valence-electron chi connectivity index (χ4n) is 1.79. The summed E-state index contributed by atoms with van der Waals surface area (Å²) in [6.07, 6.45) is -0.510. The SMILES string of the molecule is CC1CN(C(=O)NC(C(=O)O)C(C)O)CCCO1. The van der Waals surface area contributed by atoms with E-state index in [0.717, 1.165) is 0 Å². The van der Waals surface area contributed by atoms with Crippen molar-refractivity contribution in [3.05, 3.63) is 0 Å². The maximum atomic E-state index is 11.9. The summed E-state index contributed by atoms with van der Waals surface area (Å²) < 4.78 is 5.40. The first-order valence-corrected chi connectivity index (χ1v) is 5.99. The minimum Gasteiger partial charge on any atom is -0.480 e. The highest BCUT2D eigenvalue weighted by Crippen LogP contribution is 2.06. The number of carbonyl (C=O) groups is 2. The molecule has 18 heavy (non-hydrogen) atoms. The van der Waals surface area contributed by atoms with Crippen LogP contribution in [0.15, 0.2) is 0 Å². The van der Waals surface area contributed by atoms with Crippen molar-refractivity contribution >= 4 is 12.0 Å². The van der Waals surface area contributed by atoms with E-state index in [2.05, 4.69) is 5.32 Å². The van der Waals surface area contributed by atoms with Gasteiger partial charge in [0.05, 0.1) is 12.2 Å². The van der Waals surface area contributed by atoms with Gasteiger partial charge >= 0.3 is 12.0 Å². The first-order chi connectivity index (χ1) is 8.41. The third-order valence-electron chi connectivity index (χ3n) is 2.77. The molecule has 104 valence electrons. The number of nitrogens with zero attached hydrogens (tertiary/aromatic N) is 1. The molecule has 1 heterocycles. The van der Waals surface area contributed by atoms with Crippen LogP contribution in [0.3, 0.4) is 0 Å². The molecule has 0 radical (unpaired) electrons. The Labute approximate surface area is 106 Å². The van der Waals surface area contributed by atoms with E-state index in [4.69, 9.17) is 9.84 Å². The molecule has 1 aliphatic rings. The fraction of sp³-hybridized carbons (Fsp3) is 0.818. The highest BCUT2D eigenvalue weighted by molar-refractivity contribution is 5.83. The summed E-state index contributed by atoms with van der Waals surface area (Å²) in [5.41, 5.74) is 0. The van der Waals surface area contributed by atoms with E-state index in [1.165, 1.54) is 11.8 Å². The Kier molecular flexibility index (Phi) is 5.36. The molecule has 0 aromatic heterocycles. The number of aliphatic carboxylic acids is 1. The second-order valence-electron chi connectivity index (χ2n) is 4.49. The third kappa shape index (κ3) is 4.15. The van der Waals surface area contributed by atoms with Crippen LogP contribution in [-0.4, -0.2) is 65.1 Å². The van der Waals surface area contributed by atoms with Gasteiger partial charge in [0.15, 0.2) is 6.04 Å². The molecule has 0 saturated carbocycles. The van der Waals surface area contributed by atoms with Crippen molar-refractivity contribution in [2.75, 3.05) is 19.7 Å². The Bertz CT molecular complexity index is 308. The van der Waals surface area contributed by atoms with Crippen LogP contribution in [0.25, 0.3) is 0 Å². The predicted molar refractivity (Wildman–Crippen MR) is 63.2 cm³/mol. The van der Waals surface area contributed by atoms with Gasteiger partial charge in [-0.3, -0.25) is 0 Å². The molecule has 3 atom stereocenters. The number of aliphatic hydroxyl groups excluding tert-OH is 1. The lowest BCUT2D eigenvalue weighted by Gasteiger charge is -2.25. The van der Waals surface area contributed by atoms with Gasteiger partial charge in [0, 0.05) is 19.7 Å². The molecule has 7 nitrogen and oxygen atoms in total. The summed E-state index contributed by atoms with van der Waals surface area (Å²) in [5.74, 6) is -1.25. The second kappa shape index (κ2) is 6.55. The number of carbonyl (C=O) groups excluding carboxylic acids is 1. The Hall–Kier alpha value is -1.34. The minimum atomic E-state index is -1.29. The zero-order valence-corrected chi connectivity index (χ0v) is 10.6. The summed E-state index contributed by atoms with van der Waals surface area (Å²) in [4.78, 5) is 24.3. The van der Waals surface area contributed by atoms with Gasteiger partial charge in [-0.05, 0) is 20.3 Å². The zero-order valence-electron chi connectivity index (χ0n) is 10.6. The molecule has 0 aromatic carbocycles. The molecule has 0 aromatic rings. The van der Waals surface area contributed by atoms with Crippen molar-refractivity contribution in [3.8, 4) is 0 Å². The van der Waals surface area contributed by atoms with Crippen molar-refractivity contribution in [3.63, 3.8) is 0 Å². The fourth-order valence-corrected chi connectivity index (χ4v) is 1.79. The summed E-state index contributed by atoms with van der Waals surface area (Å²) in [6, 6.07) is -1.78. The summed E-state index contributed by atoms with van der Waals surface area (Å²) in [5, 5.41) is 20.5. The number of carboxylic acid groups (broad SMARTS) is 1. The standard InChI is InChI=1S/C11H20N2O5/c1-7-6-13(4-3-5-18-7)11(17)12-9(8(2)14)10(15)16/h7-9,14H,3-6H2,1-2H3,(H,12,17)(H,15,16). The van der Waals surface area contributed by atoms with Gasteiger partial charge in [-0.25, -0.2) is 9.59 Å². The smallest absolute Gasteiger partial charge is 0.328 e. The van der Waals surface area contributed by atoms with Crippen LogP contribution in [0, 0.1) is 0 Å². The van der Waals surface area contributed by atoms with Crippen molar-refractivity contribution in [2.24, 2.45) is 0 Å². The normalized spacial score (nSPS) is 23.9. The summed E-state index contributed by atoms with van der Waals surface area (Å²) >= 11 is 0. The van der Waals surface area contributed by atoms with Crippen molar-refractivity contribution in [1.82, 2.24) is 10.2 Å². The number of ether oxygens (including phenoxy) is 1. The lowest BCUT2D eigenvalue weighted by Crippen LogP contribution is -2.53. The van der Waals surface area contributed by atoms with E-state index in [9.17, 15) is 14.7 Å². The van der Waals surface area contributed by atoms with Gasteiger partial charge in [-0.1, -0.05) is 0 Å². The van der Waals surface area contributed by atoms with Crippen molar-refractivity contribution in [2.45, 2.75) is 38.5 Å². The van der Waals surface area contributed by atoms with Crippen LogP contribution in [0.4, 0.5) is 4.79 Å². The van der Waals surface area contributed by atoms with E-state index >= 15 is 0 Å². The topological polar surface area (TPSA) is 99.1 Å². The number of carboxylic acids is 1. The van der Waals surface area contributed by atoms with Crippen LogP contribution in [-0.2, 0) is 9.53 Å². The molecule has 7 heteroatoms. The molecule has 2 amide bonds. The molecule has 1 aliphatic heterocycles. The van der Waals surface area contributed by atoms with E-state index in [1.807, 2.05) is 6.92 Å². The molecule has 0 aliphatic carbocycles. The highest BCUT2D eigenvalue weighted by atomic mass is 16.5. The maximum Gasteiger partial charge on any atom is 0.328 e. The average Bonchev–Trinajstić information content (AvgIpc) is 2.49. The predicted octanol–water partition coefficient (Wildman–Crippen LogP) is -0.359. The quantitative estimate of drug-likeness (QED) is 0.643. The van der Waals surface area contributed by atoms with Gasteiger partial charge in [0.1, 0.15) is 0 Å². The molecule has 0 spiro atoms. The van der Waals surface area contributed by atoms with Gasteiger partial charge in [-0.15, -0.1) is 0 Å². The van der Waals surface area contributed by atoms with Crippen LogP contribution in [0.1, 0.15) is 20.3 Å². The maximum absolute atomic E-state index is 11.9. The van der Waals surface area contributed by atoms with Gasteiger partial charge < -0.3 is 25.2 Å². The molecule has 1 fully saturated rings. The molecular weight excluding hydrogens is 240 g/mol. The summed E-state index contributed by atoms with van der Waals surface area (Å²) in [7, 11) is 0. The van der Waals surface area contributed by atoms with Crippen molar-refractivity contribution in [1.29, 1.82) is 0 Å². The molecular formula is C11H20N2O5. The number of urea groups is 1. The Morgan fingerprint density at radius 3 is 2.72 bits per heavy atom. The number of aliphatic hydroxyl groups is 1. The van der Waals surface area contributed by atoms with E-state index < -0.39 is 24.1 Å². The van der Waals surface area contributed by atoms with Crippen LogP contribution in [0.2, 0.25) is 0 Å². The molecule has 0 bridgehead atoms. The second-order valence-corrected chi connectivity index (χ2v) is 4.49. The molecule has 3 N–H and O–H groups in total. The summed E-state index contributed by atoms with van der Waals surface area (Å²) in [6.45, 7) is 4.70. The number of hydrogen-bond donors (Lipinski definition) is 3. The average molecular weight is 260 g/mol. The van der Waals surface area contributed by atoms with Gasteiger partial charge in [0.2, 0.25) is 0 Å². The van der Waals surface area contributed by atoms with E-state index in [-0.39, 0.29) is 6.10 Å². The van der Waals surface area contributed by atoms with Gasteiger partial charge in [0.25, 0.3) is 0 Å². The minimum absolute atomic E-state index is 0.0759. The zero-order chi connectivity index (χ0) is 13.7. The van der Waals surface area contributed by atoms with Crippen LogP contribution < -0.4 is 5.32 Å². The van der Waals surface area contributed by atoms with Crippen LogP contribution >= 0.6 is 0 Å². The number of rotatable bonds is 3.